The van der Waals surface area contributed by atoms with E-state index in [0.717, 1.165) is 27.7 Å². The standard InChI is InChI=1S/C29H40N4O10Si2/c1-15(2)44(16(3)4)40-14-22-25(42-45(43-44,17(5)6)18(7)8)24(28(41-22)31-12-11-23(34)30-29(31)37)32-26(35)20-10-9-19(33(38)39)13-21(20)27(32)36/h9-13,15-18,22,24-25,28H,14H2,1-8H3,(H,30,34,37)/t22-,24+,25-,28-/m1/s1. The van der Waals surface area contributed by atoms with Gasteiger partial charge in [0, 0.05) is 24.4 Å². The molecule has 3 aliphatic rings. The second-order valence-electron chi connectivity index (χ2n) is 13.1. The van der Waals surface area contributed by atoms with E-state index >= 15 is 0 Å². The van der Waals surface area contributed by atoms with Crippen LogP contribution in [0, 0.1) is 10.1 Å². The number of nitro groups is 1. The molecule has 14 nitrogen and oxygen atoms in total. The van der Waals surface area contributed by atoms with Gasteiger partial charge in [-0.1, -0.05) is 55.4 Å². The van der Waals surface area contributed by atoms with Crippen molar-refractivity contribution < 1.29 is 32.2 Å². The average Bonchev–Trinajstić information content (AvgIpc) is 3.40. The molecule has 0 radical (unpaired) electrons. The Hall–Kier alpha value is -3.29. The number of rotatable bonds is 7. The zero-order valence-electron chi connectivity index (χ0n) is 26.6. The molecule has 244 valence electrons. The van der Waals surface area contributed by atoms with E-state index in [9.17, 15) is 29.3 Å². The molecule has 0 aliphatic carbocycles. The Bertz CT molecular complexity index is 1620. The number of aromatic amines is 1. The maximum atomic E-state index is 14.0. The molecule has 1 aromatic carbocycles. The molecule has 1 N–H and O–H groups in total. The summed E-state index contributed by atoms with van der Waals surface area (Å²) in [4.78, 5) is 67.1. The number of fused-ring (bicyclic) bond motifs is 2. The molecule has 2 aromatic rings. The number of hydrogen-bond donors (Lipinski definition) is 1. The molecule has 4 atom stereocenters. The second kappa shape index (κ2) is 11.8. The topological polar surface area (TPSA) is 172 Å². The largest absolute Gasteiger partial charge is 0.414 e. The van der Waals surface area contributed by atoms with Crippen molar-refractivity contribution >= 4 is 34.6 Å². The molecule has 5 rings (SSSR count). The fourth-order valence-electron chi connectivity index (χ4n) is 6.90. The lowest BCUT2D eigenvalue weighted by Crippen LogP contribution is -2.66. The van der Waals surface area contributed by atoms with Gasteiger partial charge in [-0.2, -0.15) is 0 Å². The van der Waals surface area contributed by atoms with Crippen LogP contribution in [-0.2, 0) is 17.7 Å². The summed E-state index contributed by atoms with van der Waals surface area (Å²) in [5, 5.41) is 11.5. The SMILES string of the molecule is CC(C)[Si]1(C(C)C)OC[C@H]2O[C@@H](n3ccc(=O)[nH]c3=O)[C@@H](N3C(=O)c4ccc([N+](=O)[O-])cc4C3=O)[C@@H]2O[Si](C(C)C)(C(C)C)O1. The molecule has 0 saturated carbocycles. The van der Waals surface area contributed by atoms with Gasteiger partial charge < -0.3 is 17.7 Å². The molecule has 2 amide bonds. The Labute approximate surface area is 262 Å². The van der Waals surface area contributed by atoms with Crippen molar-refractivity contribution in [3.8, 4) is 0 Å². The second-order valence-corrected chi connectivity index (χ2v) is 21.9. The third-order valence-electron chi connectivity index (χ3n) is 9.18. The molecule has 1 aromatic heterocycles. The predicted octanol–water partition coefficient (Wildman–Crippen LogP) is 3.96. The number of carbonyl (C=O) groups is 2. The number of carbonyl (C=O) groups excluding carboxylic acids is 2. The van der Waals surface area contributed by atoms with Gasteiger partial charge in [-0.05, 0) is 28.2 Å². The van der Waals surface area contributed by atoms with Gasteiger partial charge in [0.25, 0.3) is 23.1 Å². The monoisotopic (exact) mass is 660 g/mol. The number of benzene rings is 1. The van der Waals surface area contributed by atoms with E-state index in [-0.39, 0.29) is 45.6 Å². The number of nitro benzene ring substituents is 1. The number of nitrogens with one attached hydrogen (secondary N) is 1. The fourth-order valence-corrected chi connectivity index (χ4v) is 18.1. The van der Waals surface area contributed by atoms with Gasteiger partial charge in [0.2, 0.25) is 0 Å². The van der Waals surface area contributed by atoms with Gasteiger partial charge in [0.1, 0.15) is 18.2 Å². The first-order valence-corrected chi connectivity index (χ1v) is 19.1. The molecule has 0 bridgehead atoms. The zero-order chi connectivity index (χ0) is 33.2. The van der Waals surface area contributed by atoms with Gasteiger partial charge in [-0.15, -0.1) is 0 Å². The lowest BCUT2D eigenvalue weighted by molar-refractivity contribution is -0.384. The third kappa shape index (κ3) is 5.26. The number of hydrogen-bond acceptors (Lipinski definition) is 10. The fraction of sp³-hybridized carbons (Fsp3) is 0.586. The zero-order valence-corrected chi connectivity index (χ0v) is 28.6. The number of nitrogens with zero attached hydrogens (tertiary/aromatic N) is 3. The molecule has 4 heterocycles. The Morgan fingerprint density at radius 2 is 1.49 bits per heavy atom. The minimum atomic E-state index is -3.29. The first kappa shape index (κ1) is 33.1. The molecular formula is C29H40N4O10Si2. The van der Waals surface area contributed by atoms with Crippen LogP contribution in [0.3, 0.4) is 0 Å². The number of ether oxygens (including phenoxy) is 1. The Morgan fingerprint density at radius 3 is 2.04 bits per heavy atom. The lowest BCUT2D eigenvalue weighted by atomic mass is 10.1. The summed E-state index contributed by atoms with van der Waals surface area (Å²) in [5.74, 6) is -1.49. The van der Waals surface area contributed by atoms with Crippen LogP contribution >= 0.6 is 0 Å². The average molecular weight is 661 g/mol. The highest BCUT2D eigenvalue weighted by Gasteiger charge is 2.64. The van der Waals surface area contributed by atoms with Crippen molar-refractivity contribution in [1.82, 2.24) is 14.5 Å². The summed E-state index contributed by atoms with van der Waals surface area (Å²) in [6.07, 6.45) is -1.86. The van der Waals surface area contributed by atoms with E-state index in [1.807, 2.05) is 27.7 Å². The predicted molar refractivity (Wildman–Crippen MR) is 166 cm³/mol. The Morgan fingerprint density at radius 1 is 0.889 bits per heavy atom. The van der Waals surface area contributed by atoms with Crippen molar-refractivity contribution in [1.29, 1.82) is 0 Å². The molecule has 0 unspecified atom stereocenters. The molecule has 2 saturated heterocycles. The highest BCUT2D eigenvalue weighted by molar-refractivity contribution is 6.84. The van der Waals surface area contributed by atoms with Crippen molar-refractivity contribution in [2.75, 3.05) is 6.61 Å². The molecule has 0 spiro atoms. The normalized spacial score (nSPS) is 26.0. The van der Waals surface area contributed by atoms with Crippen molar-refractivity contribution in [2.24, 2.45) is 0 Å². The summed E-state index contributed by atoms with van der Waals surface area (Å²) >= 11 is 0. The van der Waals surface area contributed by atoms with Crippen LogP contribution in [0.25, 0.3) is 0 Å². The highest BCUT2D eigenvalue weighted by atomic mass is 28.5. The number of aromatic nitrogens is 2. The first-order chi connectivity index (χ1) is 21.1. The first-order valence-electron chi connectivity index (χ1n) is 15.2. The van der Waals surface area contributed by atoms with E-state index in [0.29, 0.717) is 0 Å². The molecule has 45 heavy (non-hydrogen) atoms. The summed E-state index contributed by atoms with van der Waals surface area (Å²) in [6.45, 7) is 16.4. The highest BCUT2D eigenvalue weighted by Crippen LogP contribution is 2.49. The van der Waals surface area contributed by atoms with Crippen LogP contribution in [0.2, 0.25) is 22.2 Å². The molecule has 2 fully saturated rings. The van der Waals surface area contributed by atoms with Gasteiger partial charge in [-0.25, -0.2) is 4.79 Å². The lowest BCUT2D eigenvalue weighted by Gasteiger charge is -2.51. The van der Waals surface area contributed by atoms with Crippen molar-refractivity contribution in [3.05, 3.63) is 72.5 Å². The van der Waals surface area contributed by atoms with Crippen LogP contribution in [0.15, 0.2) is 40.1 Å². The number of H-pyrrole nitrogens is 1. The summed E-state index contributed by atoms with van der Waals surface area (Å²) in [7, 11) is -6.27. The van der Waals surface area contributed by atoms with Crippen LogP contribution in [-0.4, -0.2) is 73.2 Å². The molecule has 16 heteroatoms. The van der Waals surface area contributed by atoms with E-state index < -0.39 is 69.6 Å². The molecular weight excluding hydrogens is 621 g/mol. The maximum absolute atomic E-state index is 14.0. The van der Waals surface area contributed by atoms with Crippen LogP contribution in [0.5, 0.6) is 0 Å². The van der Waals surface area contributed by atoms with Crippen LogP contribution in [0.1, 0.15) is 82.3 Å². The van der Waals surface area contributed by atoms with E-state index in [4.69, 9.17) is 17.7 Å². The molecule has 3 aliphatic heterocycles. The van der Waals surface area contributed by atoms with Crippen LogP contribution in [0.4, 0.5) is 5.69 Å². The Balaban J connectivity index is 1.71. The van der Waals surface area contributed by atoms with Crippen LogP contribution < -0.4 is 11.2 Å². The summed E-state index contributed by atoms with van der Waals surface area (Å²) in [6, 6.07) is 3.41. The van der Waals surface area contributed by atoms with Gasteiger partial charge in [0.15, 0.2) is 6.23 Å². The van der Waals surface area contributed by atoms with Crippen molar-refractivity contribution in [3.63, 3.8) is 0 Å². The minimum Gasteiger partial charge on any atom is -0.414 e. The van der Waals surface area contributed by atoms with Gasteiger partial charge >= 0.3 is 22.8 Å². The number of amides is 2. The summed E-state index contributed by atoms with van der Waals surface area (Å²) < 4.78 is 28.9. The Kier molecular flexibility index (Phi) is 8.69. The minimum absolute atomic E-state index is 0.00760. The number of non-ortho nitro benzene ring substituents is 1. The van der Waals surface area contributed by atoms with E-state index in [1.54, 1.807) is 0 Å². The van der Waals surface area contributed by atoms with E-state index in [2.05, 4.69) is 32.7 Å². The van der Waals surface area contributed by atoms with Gasteiger partial charge in [0.05, 0.1) is 22.7 Å². The van der Waals surface area contributed by atoms with E-state index in [1.165, 1.54) is 12.3 Å². The summed E-state index contributed by atoms with van der Waals surface area (Å²) in [5.41, 5.74) is -2.02. The van der Waals surface area contributed by atoms with Gasteiger partial charge in [-0.3, -0.25) is 38.9 Å². The van der Waals surface area contributed by atoms with Crippen molar-refractivity contribution in [2.45, 2.75) is 102 Å². The third-order valence-corrected chi connectivity index (χ3v) is 19.4. The maximum Gasteiger partial charge on any atom is 0.335 e. The number of imide groups is 1. The quantitative estimate of drug-likeness (QED) is 0.198. The smallest absolute Gasteiger partial charge is 0.335 e.